The van der Waals surface area contributed by atoms with Crippen molar-refractivity contribution in [2.75, 3.05) is 0 Å². The molecule has 0 aliphatic heterocycles. The molecule has 0 amide bonds. The molecule has 0 fully saturated rings. The van der Waals surface area contributed by atoms with Crippen LogP contribution in [-0.4, -0.2) is 18.8 Å². The molecule has 0 spiro atoms. The smallest absolute Gasteiger partial charge is 0.137 e. The minimum absolute atomic E-state index is 0.0107. The van der Waals surface area contributed by atoms with Gasteiger partial charge in [0.1, 0.15) is 11.3 Å². The van der Waals surface area contributed by atoms with Gasteiger partial charge in [0.2, 0.25) is 0 Å². The Hall–Kier alpha value is -2.62. The Kier molecular flexibility index (Phi) is 3.69. The molecule has 0 radical (unpaired) electrons. The van der Waals surface area contributed by atoms with Gasteiger partial charge in [0.05, 0.1) is 5.69 Å². The van der Waals surface area contributed by atoms with E-state index in [0.717, 1.165) is 23.4 Å². The van der Waals surface area contributed by atoms with Crippen LogP contribution in [0.25, 0.3) is 11.3 Å². The third-order valence-electron chi connectivity index (χ3n) is 5.17. The standard InChI is InChI=1S/C22H26N4/c1-21(2,3)16-8-10-25-15-18(24-20(25)12-16)13-22(4,5)17-6-7-19-23-9-11-26(19)14-17/h6-12,14-15H,13H2,1-5H3. The van der Waals surface area contributed by atoms with Gasteiger partial charge in [-0.3, -0.25) is 0 Å². The molecule has 4 heterocycles. The van der Waals surface area contributed by atoms with E-state index in [0.29, 0.717) is 0 Å². The Bertz CT molecular complexity index is 1080. The van der Waals surface area contributed by atoms with Crippen LogP contribution in [0.5, 0.6) is 0 Å². The Morgan fingerprint density at radius 3 is 2.38 bits per heavy atom. The lowest BCUT2D eigenvalue weighted by atomic mass is 9.81. The fraction of sp³-hybridized carbons (Fsp3) is 0.364. The predicted molar refractivity (Wildman–Crippen MR) is 106 cm³/mol. The summed E-state index contributed by atoms with van der Waals surface area (Å²) in [7, 11) is 0. The van der Waals surface area contributed by atoms with Crippen LogP contribution in [0, 0.1) is 0 Å². The van der Waals surface area contributed by atoms with Crippen molar-refractivity contribution in [2.45, 2.75) is 51.9 Å². The minimum Gasteiger partial charge on any atom is -0.307 e. The van der Waals surface area contributed by atoms with E-state index in [9.17, 15) is 0 Å². The number of pyridine rings is 2. The summed E-state index contributed by atoms with van der Waals surface area (Å²) in [6, 6.07) is 8.65. The molecule has 0 aliphatic rings. The maximum absolute atomic E-state index is 4.89. The van der Waals surface area contributed by atoms with Gasteiger partial charge in [-0.2, -0.15) is 0 Å². The molecule has 0 N–H and O–H groups in total. The van der Waals surface area contributed by atoms with E-state index in [-0.39, 0.29) is 10.8 Å². The van der Waals surface area contributed by atoms with E-state index >= 15 is 0 Å². The molecule has 0 aromatic carbocycles. The van der Waals surface area contributed by atoms with Gasteiger partial charge >= 0.3 is 0 Å². The lowest BCUT2D eigenvalue weighted by Crippen LogP contribution is -2.21. The van der Waals surface area contributed by atoms with Gasteiger partial charge < -0.3 is 8.80 Å². The molecule has 4 aromatic rings. The molecule has 4 aromatic heterocycles. The van der Waals surface area contributed by atoms with Crippen LogP contribution in [0.1, 0.15) is 51.4 Å². The van der Waals surface area contributed by atoms with Crippen LogP contribution in [0.2, 0.25) is 0 Å². The van der Waals surface area contributed by atoms with Crippen LogP contribution >= 0.6 is 0 Å². The molecular weight excluding hydrogens is 320 g/mol. The topological polar surface area (TPSA) is 34.6 Å². The van der Waals surface area contributed by atoms with Crippen LogP contribution in [0.4, 0.5) is 0 Å². The summed E-state index contributed by atoms with van der Waals surface area (Å²) < 4.78 is 4.20. The lowest BCUT2D eigenvalue weighted by molar-refractivity contribution is 0.514. The highest BCUT2D eigenvalue weighted by Crippen LogP contribution is 2.29. The molecule has 134 valence electrons. The highest BCUT2D eigenvalue weighted by Gasteiger charge is 2.23. The average molecular weight is 346 g/mol. The van der Waals surface area contributed by atoms with Crippen molar-refractivity contribution in [3.63, 3.8) is 0 Å². The Labute approximate surface area is 154 Å². The van der Waals surface area contributed by atoms with Gasteiger partial charge in [0, 0.05) is 37.4 Å². The molecule has 0 bridgehead atoms. The highest BCUT2D eigenvalue weighted by atomic mass is 15.0. The second-order valence-electron chi connectivity index (χ2n) is 8.83. The number of nitrogens with zero attached hydrogens (tertiary/aromatic N) is 4. The van der Waals surface area contributed by atoms with Gasteiger partial charge in [-0.15, -0.1) is 0 Å². The molecular formula is C22H26N4. The predicted octanol–water partition coefficient (Wildman–Crippen LogP) is 4.80. The van der Waals surface area contributed by atoms with E-state index in [4.69, 9.17) is 4.98 Å². The summed E-state index contributed by atoms with van der Waals surface area (Å²) >= 11 is 0. The van der Waals surface area contributed by atoms with Crippen LogP contribution in [0.3, 0.4) is 0 Å². The molecule has 26 heavy (non-hydrogen) atoms. The summed E-state index contributed by atoms with van der Waals surface area (Å²) in [6.45, 7) is 11.2. The first-order chi connectivity index (χ1) is 12.2. The number of fused-ring (bicyclic) bond motifs is 2. The van der Waals surface area contributed by atoms with Crippen molar-refractivity contribution in [2.24, 2.45) is 0 Å². The number of rotatable bonds is 3. The third kappa shape index (κ3) is 3.00. The van der Waals surface area contributed by atoms with E-state index in [1.54, 1.807) is 0 Å². The van der Waals surface area contributed by atoms with Crippen molar-refractivity contribution in [3.05, 3.63) is 72.1 Å². The van der Waals surface area contributed by atoms with Crippen LogP contribution < -0.4 is 0 Å². The normalized spacial score (nSPS) is 13.0. The fourth-order valence-corrected chi connectivity index (χ4v) is 3.46. The minimum atomic E-state index is -0.0107. The SMILES string of the molecule is CC(C)(C)c1ccn2cc(CC(C)(C)c3ccc4nccn4c3)nc2c1. The fourth-order valence-electron chi connectivity index (χ4n) is 3.46. The molecule has 4 rings (SSSR count). The monoisotopic (exact) mass is 346 g/mol. The van der Waals surface area contributed by atoms with Crippen molar-refractivity contribution in [1.82, 2.24) is 18.8 Å². The summed E-state index contributed by atoms with van der Waals surface area (Å²) in [4.78, 5) is 9.22. The number of hydrogen-bond donors (Lipinski definition) is 0. The Morgan fingerprint density at radius 1 is 0.846 bits per heavy atom. The van der Waals surface area contributed by atoms with E-state index < -0.39 is 0 Å². The first-order valence-corrected chi connectivity index (χ1v) is 9.14. The second kappa shape index (κ2) is 5.70. The second-order valence-corrected chi connectivity index (χ2v) is 8.83. The van der Waals surface area contributed by atoms with Crippen molar-refractivity contribution in [1.29, 1.82) is 0 Å². The zero-order valence-electron chi connectivity index (χ0n) is 16.2. The maximum Gasteiger partial charge on any atom is 0.137 e. The van der Waals surface area contributed by atoms with E-state index in [1.807, 2.05) is 12.4 Å². The molecule has 0 saturated heterocycles. The van der Waals surface area contributed by atoms with Crippen molar-refractivity contribution >= 4 is 11.3 Å². The van der Waals surface area contributed by atoms with Gasteiger partial charge in [-0.1, -0.05) is 40.7 Å². The zero-order valence-corrected chi connectivity index (χ0v) is 16.2. The summed E-state index contributed by atoms with van der Waals surface area (Å²) in [6.07, 6.45) is 11.2. The molecule has 4 heteroatoms. The first kappa shape index (κ1) is 16.8. The van der Waals surface area contributed by atoms with Gasteiger partial charge in [0.25, 0.3) is 0 Å². The third-order valence-corrected chi connectivity index (χ3v) is 5.17. The molecule has 0 atom stereocenters. The largest absolute Gasteiger partial charge is 0.307 e. The summed E-state index contributed by atoms with van der Waals surface area (Å²) in [5.74, 6) is 0. The quantitative estimate of drug-likeness (QED) is 0.534. The molecule has 0 aliphatic carbocycles. The van der Waals surface area contributed by atoms with Crippen molar-refractivity contribution < 1.29 is 0 Å². The first-order valence-electron chi connectivity index (χ1n) is 9.14. The van der Waals surface area contributed by atoms with E-state index in [1.165, 1.54) is 11.1 Å². The lowest BCUT2D eigenvalue weighted by Gasteiger charge is -2.24. The Balaban J connectivity index is 1.66. The zero-order chi connectivity index (χ0) is 18.5. The number of aromatic nitrogens is 4. The van der Waals surface area contributed by atoms with Crippen LogP contribution in [0.15, 0.2) is 55.2 Å². The summed E-state index contributed by atoms with van der Waals surface area (Å²) in [5, 5.41) is 0. The van der Waals surface area contributed by atoms with E-state index in [2.05, 4.69) is 91.3 Å². The molecule has 4 nitrogen and oxygen atoms in total. The summed E-state index contributed by atoms with van der Waals surface area (Å²) in [5.41, 5.74) is 5.84. The number of hydrogen-bond acceptors (Lipinski definition) is 2. The van der Waals surface area contributed by atoms with Gasteiger partial charge in [-0.05, 0) is 40.2 Å². The van der Waals surface area contributed by atoms with Crippen molar-refractivity contribution in [3.8, 4) is 0 Å². The number of imidazole rings is 2. The van der Waals surface area contributed by atoms with Gasteiger partial charge in [0.15, 0.2) is 0 Å². The van der Waals surface area contributed by atoms with Crippen LogP contribution in [-0.2, 0) is 17.3 Å². The highest BCUT2D eigenvalue weighted by molar-refractivity contribution is 5.46. The van der Waals surface area contributed by atoms with Gasteiger partial charge in [-0.25, -0.2) is 9.97 Å². The molecule has 0 saturated carbocycles. The average Bonchev–Trinajstić information content (AvgIpc) is 3.17. The maximum atomic E-state index is 4.89. The Morgan fingerprint density at radius 2 is 1.62 bits per heavy atom. The molecule has 0 unspecified atom stereocenters.